The van der Waals surface area contributed by atoms with Gasteiger partial charge < -0.3 is 10.2 Å². The summed E-state index contributed by atoms with van der Waals surface area (Å²) in [4.78, 5) is 31.0. The SMILES string of the molecule is COS(=O)(=O)NC(C)(C)CC(=O)N[C@@H]1CCc2ccccc2N(Cc2ccc(-c3ccccc3-c3nnn(C(c4ccccc4)(c4ccccc4)c4ccccc4)n3)cc2)C1=O. The van der Waals surface area contributed by atoms with E-state index in [2.05, 4.69) is 50.6 Å². The molecule has 0 aliphatic carbocycles. The third-order valence-corrected chi connectivity index (χ3v) is 12.4. The minimum atomic E-state index is -4.04. The van der Waals surface area contributed by atoms with Crippen molar-refractivity contribution in [3.8, 4) is 22.5 Å². The first-order valence-corrected chi connectivity index (χ1v) is 21.8. The van der Waals surface area contributed by atoms with Crippen molar-refractivity contribution in [1.29, 1.82) is 0 Å². The predicted molar refractivity (Wildman–Crippen MR) is 239 cm³/mol. The standard InChI is InChI=1S/C49H47N7O5S/c1-48(2,53-62(59,60)61-3)33-45(57)50-43-32-31-37-17-13-16-26-44(37)55(47(43)58)34-35-27-29-36(30-28-35)41-24-14-15-25-42(41)46-51-54-56(52-46)49(38-18-7-4-8-19-38,39-20-9-5-10-21-39)40-22-11-6-12-23-40/h4-30,43,53H,31-34H2,1-3H3,(H,50,57)/t43-/m1/s1. The van der Waals surface area contributed by atoms with E-state index in [9.17, 15) is 18.0 Å². The van der Waals surface area contributed by atoms with Crippen LogP contribution >= 0.6 is 0 Å². The van der Waals surface area contributed by atoms with E-state index in [-0.39, 0.29) is 18.9 Å². The van der Waals surface area contributed by atoms with Gasteiger partial charge in [0.1, 0.15) is 6.04 Å². The fourth-order valence-electron chi connectivity index (χ4n) is 8.33. The predicted octanol–water partition coefficient (Wildman–Crippen LogP) is 7.46. The minimum Gasteiger partial charge on any atom is -0.344 e. The maximum absolute atomic E-state index is 14.3. The van der Waals surface area contributed by atoms with E-state index in [0.717, 1.165) is 57.3 Å². The summed E-state index contributed by atoms with van der Waals surface area (Å²) in [6, 6.07) is 53.6. The molecule has 0 radical (unpaired) electrons. The number of anilines is 1. The Kier molecular flexibility index (Phi) is 11.9. The molecule has 12 nitrogen and oxygen atoms in total. The Morgan fingerprint density at radius 1 is 0.742 bits per heavy atom. The number of nitrogens with zero attached hydrogens (tertiary/aromatic N) is 5. The molecule has 1 aromatic heterocycles. The number of hydrogen-bond donors (Lipinski definition) is 2. The molecule has 0 spiro atoms. The maximum atomic E-state index is 14.3. The fourth-order valence-corrected chi connectivity index (χ4v) is 9.16. The summed E-state index contributed by atoms with van der Waals surface area (Å²) in [6.07, 6.45) is 0.759. The molecule has 0 fully saturated rings. The van der Waals surface area contributed by atoms with Crippen LogP contribution in [-0.4, -0.2) is 59.1 Å². The van der Waals surface area contributed by atoms with Gasteiger partial charge in [-0.25, -0.2) is 0 Å². The van der Waals surface area contributed by atoms with Gasteiger partial charge in [-0.2, -0.15) is 13.1 Å². The summed E-state index contributed by atoms with van der Waals surface area (Å²) in [6.45, 7) is 3.42. The van der Waals surface area contributed by atoms with Crippen molar-refractivity contribution >= 4 is 27.8 Å². The average Bonchev–Trinajstić information content (AvgIpc) is 3.74. The van der Waals surface area contributed by atoms with Crippen molar-refractivity contribution in [2.75, 3.05) is 12.0 Å². The van der Waals surface area contributed by atoms with E-state index >= 15 is 0 Å². The molecule has 0 bridgehead atoms. The highest BCUT2D eigenvalue weighted by Crippen LogP contribution is 2.40. The van der Waals surface area contributed by atoms with Crippen LogP contribution in [0.5, 0.6) is 0 Å². The maximum Gasteiger partial charge on any atom is 0.336 e. The number of rotatable bonds is 14. The smallest absolute Gasteiger partial charge is 0.336 e. The molecular weight excluding hydrogens is 799 g/mol. The van der Waals surface area contributed by atoms with Gasteiger partial charge in [0.2, 0.25) is 17.6 Å². The first-order chi connectivity index (χ1) is 30.0. The molecule has 1 aliphatic rings. The van der Waals surface area contributed by atoms with Crippen LogP contribution in [0.4, 0.5) is 5.69 Å². The summed E-state index contributed by atoms with van der Waals surface area (Å²) in [5, 5.41) is 17.5. The van der Waals surface area contributed by atoms with Crippen LogP contribution < -0.4 is 14.9 Å². The first kappa shape index (κ1) is 41.9. The molecular formula is C49H47N7O5S. The number of nitrogens with one attached hydrogen (secondary N) is 2. The Morgan fingerprint density at radius 3 is 1.89 bits per heavy atom. The molecule has 2 N–H and O–H groups in total. The molecule has 8 rings (SSSR count). The molecule has 2 amide bonds. The van der Waals surface area contributed by atoms with Crippen LogP contribution in [0, 0.1) is 0 Å². The number of carbonyl (C=O) groups excluding carboxylic acids is 2. The highest BCUT2D eigenvalue weighted by molar-refractivity contribution is 7.84. The lowest BCUT2D eigenvalue weighted by Crippen LogP contribution is -2.51. The van der Waals surface area contributed by atoms with E-state index in [1.54, 1.807) is 23.5 Å². The van der Waals surface area contributed by atoms with Gasteiger partial charge in [-0.1, -0.05) is 158 Å². The quantitative estimate of drug-likeness (QED) is 0.107. The van der Waals surface area contributed by atoms with Gasteiger partial charge in [0.15, 0.2) is 5.54 Å². The number of fused-ring (bicyclic) bond motifs is 1. The van der Waals surface area contributed by atoms with Gasteiger partial charge in [-0.05, 0) is 76.9 Å². The van der Waals surface area contributed by atoms with Crippen LogP contribution in [0.3, 0.4) is 0 Å². The van der Waals surface area contributed by atoms with Gasteiger partial charge in [-0.3, -0.25) is 13.8 Å². The van der Waals surface area contributed by atoms with Crippen molar-refractivity contribution in [3.63, 3.8) is 0 Å². The van der Waals surface area contributed by atoms with E-state index in [4.69, 9.17) is 15.4 Å². The average molecular weight is 846 g/mol. The lowest BCUT2D eigenvalue weighted by Gasteiger charge is -2.34. The lowest BCUT2D eigenvalue weighted by atomic mass is 9.77. The highest BCUT2D eigenvalue weighted by atomic mass is 32.2. The number of carbonyl (C=O) groups is 2. The van der Waals surface area contributed by atoms with Crippen molar-refractivity contribution < 1.29 is 22.2 Å². The largest absolute Gasteiger partial charge is 0.344 e. The molecule has 1 aliphatic heterocycles. The van der Waals surface area contributed by atoms with Crippen LogP contribution in [0.25, 0.3) is 22.5 Å². The van der Waals surface area contributed by atoms with Crippen LogP contribution in [0.2, 0.25) is 0 Å². The van der Waals surface area contributed by atoms with Gasteiger partial charge in [0, 0.05) is 23.2 Å². The Balaban J connectivity index is 1.08. The first-order valence-electron chi connectivity index (χ1n) is 20.4. The highest BCUT2D eigenvalue weighted by Gasteiger charge is 2.41. The van der Waals surface area contributed by atoms with Crippen molar-refractivity contribution in [2.45, 2.75) is 56.8 Å². The molecule has 0 saturated carbocycles. The third kappa shape index (κ3) is 8.68. The molecule has 0 unspecified atom stereocenters. The monoisotopic (exact) mass is 845 g/mol. The molecule has 1 atom stereocenters. The zero-order valence-electron chi connectivity index (χ0n) is 34.7. The second-order valence-corrected chi connectivity index (χ2v) is 17.4. The number of para-hydroxylation sites is 1. The zero-order chi connectivity index (χ0) is 43.3. The summed E-state index contributed by atoms with van der Waals surface area (Å²) in [5.41, 5.74) is 6.21. The summed E-state index contributed by atoms with van der Waals surface area (Å²) >= 11 is 0. The summed E-state index contributed by atoms with van der Waals surface area (Å²) in [5.74, 6) is -0.238. The molecule has 62 heavy (non-hydrogen) atoms. The van der Waals surface area contributed by atoms with Gasteiger partial charge in [-0.15, -0.1) is 15.0 Å². The molecule has 0 saturated heterocycles. The Bertz CT molecular complexity index is 2680. The normalized spacial score (nSPS) is 14.5. The van der Waals surface area contributed by atoms with E-state index in [1.165, 1.54) is 0 Å². The third-order valence-electron chi connectivity index (χ3n) is 11.2. The molecule has 314 valence electrons. The Morgan fingerprint density at radius 2 is 1.29 bits per heavy atom. The lowest BCUT2D eigenvalue weighted by molar-refractivity contribution is -0.128. The number of tetrazole rings is 1. The number of benzene rings is 6. The van der Waals surface area contributed by atoms with Gasteiger partial charge in [0.05, 0.1) is 13.7 Å². The number of hydrogen-bond acceptors (Lipinski definition) is 8. The second kappa shape index (κ2) is 17.7. The van der Waals surface area contributed by atoms with E-state index < -0.39 is 33.3 Å². The number of aryl methyl sites for hydroxylation is 1. The van der Waals surface area contributed by atoms with Crippen molar-refractivity contribution in [2.24, 2.45) is 0 Å². The molecule has 13 heteroatoms. The fraction of sp³-hybridized carbons (Fsp3) is 0.204. The number of aromatic nitrogens is 4. The van der Waals surface area contributed by atoms with Crippen LogP contribution in [0.1, 0.15) is 54.5 Å². The van der Waals surface area contributed by atoms with Crippen LogP contribution in [0.15, 0.2) is 164 Å². The van der Waals surface area contributed by atoms with Crippen LogP contribution in [-0.2, 0) is 42.6 Å². The van der Waals surface area contributed by atoms with Gasteiger partial charge >= 0.3 is 10.3 Å². The van der Waals surface area contributed by atoms with Crippen molar-refractivity contribution in [3.05, 3.63) is 192 Å². The summed E-state index contributed by atoms with van der Waals surface area (Å²) in [7, 11) is -2.99. The minimum absolute atomic E-state index is 0.199. The Hall–Kier alpha value is -6.80. The van der Waals surface area contributed by atoms with Crippen molar-refractivity contribution in [1.82, 2.24) is 30.2 Å². The van der Waals surface area contributed by atoms with E-state index in [1.807, 2.05) is 127 Å². The molecule has 6 aromatic carbocycles. The second-order valence-electron chi connectivity index (χ2n) is 15.9. The number of amides is 2. The Labute approximate surface area is 361 Å². The van der Waals surface area contributed by atoms with Gasteiger partial charge in [0.25, 0.3) is 0 Å². The van der Waals surface area contributed by atoms with E-state index in [0.29, 0.717) is 18.7 Å². The summed E-state index contributed by atoms with van der Waals surface area (Å²) < 4.78 is 31.0. The zero-order valence-corrected chi connectivity index (χ0v) is 35.5. The topological polar surface area (TPSA) is 148 Å². The molecule has 7 aromatic rings. The molecule has 2 heterocycles.